The van der Waals surface area contributed by atoms with Crippen LogP contribution < -0.4 is 9.47 Å². The first-order chi connectivity index (χ1) is 15.6. The van der Waals surface area contributed by atoms with E-state index < -0.39 is 0 Å². The number of likely N-dealkylation sites (tertiary alicyclic amines) is 1. The van der Waals surface area contributed by atoms with E-state index in [0.29, 0.717) is 31.5 Å². The van der Waals surface area contributed by atoms with Gasteiger partial charge in [0, 0.05) is 57.3 Å². The molecule has 0 saturated carbocycles. The maximum atomic E-state index is 13.1. The maximum absolute atomic E-state index is 13.1. The van der Waals surface area contributed by atoms with E-state index in [9.17, 15) is 9.59 Å². The van der Waals surface area contributed by atoms with Crippen LogP contribution in [0.1, 0.15) is 28.8 Å². The average molecular weight is 442 g/mol. The summed E-state index contributed by atoms with van der Waals surface area (Å²) in [5.74, 6) is 1.85. The van der Waals surface area contributed by atoms with Gasteiger partial charge in [0.2, 0.25) is 5.91 Å². The monoisotopic (exact) mass is 441 g/mol. The van der Waals surface area contributed by atoms with Gasteiger partial charge in [-0.1, -0.05) is 0 Å². The molecule has 2 amide bonds. The Bertz CT molecular complexity index is 914. The molecule has 32 heavy (non-hydrogen) atoms. The van der Waals surface area contributed by atoms with Gasteiger partial charge in [-0.25, -0.2) is 0 Å². The molecule has 0 radical (unpaired) electrons. The Kier molecular flexibility index (Phi) is 6.99. The van der Waals surface area contributed by atoms with Crippen LogP contribution in [-0.2, 0) is 11.3 Å². The number of carbonyl (C=O) groups excluding carboxylic acids is 2. The summed E-state index contributed by atoms with van der Waals surface area (Å²) in [4.78, 5) is 31.7. The molecular formula is C24H31N3O5. The van der Waals surface area contributed by atoms with Gasteiger partial charge in [-0.15, -0.1) is 0 Å². The van der Waals surface area contributed by atoms with Crippen LogP contribution in [0.25, 0.3) is 0 Å². The second-order valence-corrected chi connectivity index (χ2v) is 8.36. The van der Waals surface area contributed by atoms with E-state index in [1.54, 1.807) is 20.3 Å². The van der Waals surface area contributed by atoms with Gasteiger partial charge in [-0.3, -0.25) is 14.5 Å². The Hall–Kier alpha value is -3.00. The van der Waals surface area contributed by atoms with Crippen molar-refractivity contribution in [2.24, 2.45) is 5.92 Å². The third-order valence-corrected chi connectivity index (χ3v) is 6.47. The standard InChI is InChI=1S/C24H31N3O5/c1-30-21-3-4-22(31-2)20(15-21)16-25-10-12-27(13-11-25)23(28)18-5-8-26(9-6-18)24(29)19-7-14-32-17-19/h3-4,7,14-15,17-18H,5-6,8-13,16H2,1-2H3. The molecule has 0 aliphatic carbocycles. The molecule has 1 aromatic carbocycles. The van der Waals surface area contributed by atoms with E-state index in [1.807, 2.05) is 28.0 Å². The number of hydrogen-bond donors (Lipinski definition) is 0. The molecule has 2 saturated heterocycles. The van der Waals surface area contributed by atoms with Crippen LogP contribution in [0.3, 0.4) is 0 Å². The minimum atomic E-state index is -0.0220. The lowest BCUT2D eigenvalue weighted by atomic mass is 9.94. The SMILES string of the molecule is COc1ccc(OC)c(CN2CCN(C(=O)C3CCN(C(=O)c4ccoc4)CC3)CC2)c1. The second kappa shape index (κ2) is 10.1. The normalized spacial score (nSPS) is 17.9. The van der Waals surface area contributed by atoms with Crippen LogP contribution in [0.2, 0.25) is 0 Å². The molecule has 0 atom stereocenters. The summed E-state index contributed by atoms with van der Waals surface area (Å²) >= 11 is 0. The summed E-state index contributed by atoms with van der Waals surface area (Å²) in [6.45, 7) is 5.06. The molecule has 2 fully saturated rings. The summed E-state index contributed by atoms with van der Waals surface area (Å²) in [5, 5.41) is 0. The highest BCUT2D eigenvalue weighted by Crippen LogP contribution is 2.26. The maximum Gasteiger partial charge on any atom is 0.257 e. The van der Waals surface area contributed by atoms with E-state index in [-0.39, 0.29) is 17.7 Å². The fraction of sp³-hybridized carbons (Fsp3) is 0.500. The Labute approximate surface area is 188 Å². The molecular weight excluding hydrogens is 410 g/mol. The van der Waals surface area contributed by atoms with Crippen molar-refractivity contribution in [2.75, 3.05) is 53.5 Å². The highest BCUT2D eigenvalue weighted by atomic mass is 16.5. The summed E-state index contributed by atoms with van der Waals surface area (Å²) in [5.41, 5.74) is 1.65. The molecule has 0 bridgehead atoms. The van der Waals surface area contributed by atoms with E-state index in [4.69, 9.17) is 13.9 Å². The molecule has 1 aromatic heterocycles. The van der Waals surface area contributed by atoms with E-state index in [2.05, 4.69) is 4.90 Å². The summed E-state index contributed by atoms with van der Waals surface area (Å²) < 4.78 is 15.9. The Morgan fingerprint density at radius 3 is 2.34 bits per heavy atom. The zero-order chi connectivity index (χ0) is 22.5. The second-order valence-electron chi connectivity index (χ2n) is 8.36. The number of methoxy groups -OCH3 is 2. The van der Waals surface area contributed by atoms with Gasteiger partial charge in [0.25, 0.3) is 5.91 Å². The Morgan fingerprint density at radius 2 is 1.72 bits per heavy atom. The average Bonchev–Trinajstić information content (AvgIpc) is 3.39. The zero-order valence-electron chi connectivity index (χ0n) is 18.8. The van der Waals surface area contributed by atoms with Crippen molar-refractivity contribution in [3.05, 3.63) is 47.9 Å². The number of piperidine rings is 1. The number of rotatable bonds is 6. The molecule has 4 rings (SSSR count). The number of furan rings is 1. The lowest BCUT2D eigenvalue weighted by molar-refractivity contribution is -0.138. The smallest absolute Gasteiger partial charge is 0.257 e. The number of nitrogens with zero attached hydrogens (tertiary/aromatic N) is 3. The first-order valence-electron chi connectivity index (χ1n) is 11.1. The van der Waals surface area contributed by atoms with Gasteiger partial charge in [0.15, 0.2) is 0 Å². The van der Waals surface area contributed by atoms with Crippen molar-refractivity contribution in [1.82, 2.24) is 14.7 Å². The fourth-order valence-electron chi connectivity index (χ4n) is 4.53. The molecule has 8 nitrogen and oxygen atoms in total. The van der Waals surface area contributed by atoms with Gasteiger partial charge in [0.1, 0.15) is 17.8 Å². The molecule has 3 heterocycles. The quantitative estimate of drug-likeness (QED) is 0.686. The fourth-order valence-corrected chi connectivity index (χ4v) is 4.53. The summed E-state index contributed by atoms with van der Waals surface area (Å²) in [7, 11) is 3.34. The van der Waals surface area contributed by atoms with Crippen molar-refractivity contribution in [3.63, 3.8) is 0 Å². The van der Waals surface area contributed by atoms with Crippen LogP contribution in [-0.4, -0.2) is 80.0 Å². The Morgan fingerprint density at radius 1 is 0.969 bits per heavy atom. The predicted octanol–water partition coefficient (Wildman–Crippen LogP) is 2.49. The molecule has 2 aromatic rings. The lowest BCUT2D eigenvalue weighted by Crippen LogP contribution is -2.51. The van der Waals surface area contributed by atoms with Crippen molar-refractivity contribution in [3.8, 4) is 11.5 Å². The van der Waals surface area contributed by atoms with Crippen molar-refractivity contribution in [2.45, 2.75) is 19.4 Å². The first kappa shape index (κ1) is 22.2. The summed E-state index contributed by atoms with van der Waals surface area (Å²) in [6.07, 6.45) is 4.40. The van der Waals surface area contributed by atoms with Gasteiger partial charge in [-0.2, -0.15) is 0 Å². The van der Waals surface area contributed by atoms with Gasteiger partial charge >= 0.3 is 0 Å². The van der Waals surface area contributed by atoms with Gasteiger partial charge < -0.3 is 23.7 Å². The Balaban J connectivity index is 1.26. The highest BCUT2D eigenvalue weighted by molar-refractivity contribution is 5.94. The minimum Gasteiger partial charge on any atom is -0.497 e. The van der Waals surface area contributed by atoms with Crippen LogP contribution in [0.5, 0.6) is 11.5 Å². The van der Waals surface area contributed by atoms with Gasteiger partial charge in [0.05, 0.1) is 26.0 Å². The molecule has 8 heteroatoms. The largest absolute Gasteiger partial charge is 0.497 e. The molecule has 0 N–H and O–H groups in total. The number of carbonyl (C=O) groups is 2. The van der Waals surface area contributed by atoms with Crippen LogP contribution in [0, 0.1) is 5.92 Å². The van der Waals surface area contributed by atoms with Crippen molar-refractivity contribution in [1.29, 1.82) is 0 Å². The predicted molar refractivity (Wildman–Crippen MR) is 119 cm³/mol. The van der Waals surface area contributed by atoms with Crippen LogP contribution >= 0.6 is 0 Å². The zero-order valence-corrected chi connectivity index (χ0v) is 18.8. The van der Waals surface area contributed by atoms with E-state index in [0.717, 1.165) is 49.8 Å². The number of ether oxygens (including phenoxy) is 2. The topological polar surface area (TPSA) is 75.5 Å². The van der Waals surface area contributed by atoms with Gasteiger partial charge in [-0.05, 0) is 37.1 Å². The number of amides is 2. The highest BCUT2D eigenvalue weighted by Gasteiger charge is 2.32. The number of benzene rings is 1. The molecule has 172 valence electrons. The van der Waals surface area contributed by atoms with Crippen molar-refractivity contribution >= 4 is 11.8 Å². The van der Waals surface area contributed by atoms with Crippen LogP contribution in [0.15, 0.2) is 41.2 Å². The third-order valence-electron chi connectivity index (χ3n) is 6.47. The minimum absolute atomic E-state index is 0.00608. The summed E-state index contributed by atoms with van der Waals surface area (Å²) in [6, 6.07) is 7.51. The number of piperazine rings is 1. The molecule has 0 spiro atoms. The van der Waals surface area contributed by atoms with E-state index in [1.165, 1.54) is 12.5 Å². The molecule has 2 aliphatic heterocycles. The molecule has 0 unspecified atom stereocenters. The third kappa shape index (κ3) is 4.91. The van der Waals surface area contributed by atoms with Crippen LogP contribution in [0.4, 0.5) is 0 Å². The van der Waals surface area contributed by atoms with E-state index >= 15 is 0 Å². The first-order valence-corrected chi connectivity index (χ1v) is 11.1. The number of hydrogen-bond acceptors (Lipinski definition) is 6. The lowest BCUT2D eigenvalue weighted by Gasteiger charge is -2.38. The molecule has 2 aliphatic rings. The van der Waals surface area contributed by atoms with Crippen molar-refractivity contribution < 1.29 is 23.5 Å².